The van der Waals surface area contributed by atoms with Gasteiger partial charge in [-0.2, -0.15) is 0 Å². The highest BCUT2D eigenvalue weighted by atomic mass is 16.5. The number of aromatic nitrogens is 1. The van der Waals surface area contributed by atoms with Crippen LogP contribution < -0.4 is 5.73 Å². The third kappa shape index (κ3) is 0.894. The summed E-state index contributed by atoms with van der Waals surface area (Å²) in [5.41, 5.74) is 7.11. The summed E-state index contributed by atoms with van der Waals surface area (Å²) in [6, 6.07) is 2.21. The fourth-order valence-electron chi connectivity index (χ4n) is 1.77. The summed E-state index contributed by atoms with van der Waals surface area (Å²) < 4.78 is 5.00. The van der Waals surface area contributed by atoms with Crippen LogP contribution in [-0.2, 0) is 0 Å². The van der Waals surface area contributed by atoms with Crippen LogP contribution in [0.3, 0.4) is 0 Å². The van der Waals surface area contributed by atoms with E-state index in [-0.39, 0.29) is 11.5 Å². The van der Waals surface area contributed by atoms with Crippen LogP contribution in [0.4, 0.5) is 0 Å². The molecule has 1 aromatic rings. The summed E-state index contributed by atoms with van der Waals surface area (Å²) in [7, 11) is 0. The van der Waals surface area contributed by atoms with E-state index in [2.05, 4.69) is 19.0 Å². The van der Waals surface area contributed by atoms with Crippen LogP contribution in [0.25, 0.3) is 0 Å². The summed E-state index contributed by atoms with van der Waals surface area (Å²) in [6.45, 7) is 6.22. The summed E-state index contributed by atoms with van der Waals surface area (Å²) in [4.78, 5) is 0. The van der Waals surface area contributed by atoms with E-state index in [1.54, 1.807) is 0 Å². The molecule has 2 rings (SSSR count). The zero-order valence-electron chi connectivity index (χ0n) is 7.66. The number of rotatable bonds is 1. The standard InChI is InChI=1S/C9H14N2O/c1-5-4-6(11-12-5)7-8(10)9(7,2)3/h4,7-8H,10H2,1-3H3. The van der Waals surface area contributed by atoms with E-state index in [1.807, 2.05) is 13.0 Å². The van der Waals surface area contributed by atoms with Crippen molar-refractivity contribution in [2.45, 2.75) is 32.7 Å². The van der Waals surface area contributed by atoms with E-state index in [0.717, 1.165) is 11.5 Å². The molecule has 1 aliphatic carbocycles. The maximum absolute atomic E-state index is 5.90. The minimum atomic E-state index is 0.198. The summed E-state index contributed by atoms with van der Waals surface area (Å²) in [6.07, 6.45) is 0. The molecule has 3 heteroatoms. The maximum Gasteiger partial charge on any atom is 0.133 e. The van der Waals surface area contributed by atoms with E-state index >= 15 is 0 Å². The van der Waals surface area contributed by atoms with Crippen LogP contribution in [-0.4, -0.2) is 11.2 Å². The predicted octanol–water partition coefficient (Wildman–Crippen LogP) is 1.43. The number of nitrogens with two attached hydrogens (primary N) is 1. The van der Waals surface area contributed by atoms with Gasteiger partial charge in [0.15, 0.2) is 0 Å². The highest BCUT2D eigenvalue weighted by Gasteiger charge is 2.57. The van der Waals surface area contributed by atoms with Gasteiger partial charge in [0, 0.05) is 18.0 Å². The minimum absolute atomic E-state index is 0.198. The third-order valence-corrected chi connectivity index (χ3v) is 2.88. The first-order valence-corrected chi connectivity index (χ1v) is 4.22. The molecule has 2 atom stereocenters. The zero-order chi connectivity index (χ0) is 8.93. The SMILES string of the molecule is Cc1cc(C2C(N)C2(C)C)no1. The molecule has 2 unspecified atom stereocenters. The number of hydrogen-bond donors (Lipinski definition) is 1. The Labute approximate surface area is 71.9 Å². The normalized spacial score (nSPS) is 32.0. The van der Waals surface area contributed by atoms with Crippen molar-refractivity contribution in [3.8, 4) is 0 Å². The maximum atomic E-state index is 5.90. The molecule has 1 saturated carbocycles. The number of aryl methyl sites for hydroxylation is 1. The van der Waals surface area contributed by atoms with Crippen LogP contribution in [0.1, 0.15) is 31.2 Å². The molecule has 2 N–H and O–H groups in total. The Bertz CT molecular complexity index is 303. The minimum Gasteiger partial charge on any atom is -0.361 e. The fraction of sp³-hybridized carbons (Fsp3) is 0.667. The van der Waals surface area contributed by atoms with E-state index in [4.69, 9.17) is 10.3 Å². The zero-order valence-corrected chi connectivity index (χ0v) is 7.66. The average Bonchev–Trinajstić information content (AvgIpc) is 2.38. The first-order valence-electron chi connectivity index (χ1n) is 4.22. The second-order valence-electron chi connectivity index (χ2n) is 4.19. The Morgan fingerprint density at radius 3 is 2.50 bits per heavy atom. The van der Waals surface area contributed by atoms with Gasteiger partial charge in [-0.25, -0.2) is 0 Å². The van der Waals surface area contributed by atoms with Gasteiger partial charge in [0.25, 0.3) is 0 Å². The van der Waals surface area contributed by atoms with Gasteiger partial charge in [-0.05, 0) is 12.3 Å². The highest BCUT2D eigenvalue weighted by molar-refractivity contribution is 5.28. The quantitative estimate of drug-likeness (QED) is 0.686. The lowest BCUT2D eigenvalue weighted by Gasteiger charge is -1.96. The Kier molecular flexibility index (Phi) is 1.37. The van der Waals surface area contributed by atoms with Crippen molar-refractivity contribution in [2.75, 3.05) is 0 Å². The van der Waals surface area contributed by atoms with Crippen molar-refractivity contribution < 1.29 is 4.52 Å². The topological polar surface area (TPSA) is 52.0 Å². The van der Waals surface area contributed by atoms with Gasteiger partial charge >= 0.3 is 0 Å². The Morgan fingerprint density at radius 2 is 2.17 bits per heavy atom. The van der Waals surface area contributed by atoms with Gasteiger partial charge in [0.1, 0.15) is 5.76 Å². The molecule has 12 heavy (non-hydrogen) atoms. The lowest BCUT2D eigenvalue weighted by atomic mass is 10.1. The molecule has 1 aromatic heterocycles. The van der Waals surface area contributed by atoms with Crippen molar-refractivity contribution in [3.05, 3.63) is 17.5 Å². The Morgan fingerprint density at radius 1 is 1.58 bits per heavy atom. The average molecular weight is 166 g/mol. The molecule has 0 radical (unpaired) electrons. The van der Waals surface area contributed by atoms with Gasteiger partial charge < -0.3 is 10.3 Å². The molecule has 1 fully saturated rings. The number of nitrogens with zero attached hydrogens (tertiary/aromatic N) is 1. The van der Waals surface area contributed by atoms with Crippen molar-refractivity contribution >= 4 is 0 Å². The van der Waals surface area contributed by atoms with Gasteiger partial charge in [0.05, 0.1) is 5.69 Å². The lowest BCUT2D eigenvalue weighted by molar-refractivity contribution is 0.388. The summed E-state index contributed by atoms with van der Waals surface area (Å²) in [5, 5.41) is 3.97. The first kappa shape index (κ1) is 7.80. The van der Waals surface area contributed by atoms with Crippen LogP contribution in [0, 0.1) is 12.3 Å². The molecular formula is C9H14N2O. The third-order valence-electron chi connectivity index (χ3n) is 2.88. The molecular weight excluding hydrogens is 152 g/mol. The van der Waals surface area contributed by atoms with Gasteiger partial charge in [-0.3, -0.25) is 0 Å². The smallest absolute Gasteiger partial charge is 0.133 e. The van der Waals surface area contributed by atoms with Crippen LogP contribution in [0.5, 0.6) is 0 Å². The van der Waals surface area contributed by atoms with Crippen LogP contribution >= 0.6 is 0 Å². The fourth-order valence-corrected chi connectivity index (χ4v) is 1.77. The summed E-state index contributed by atoms with van der Waals surface area (Å²) in [5.74, 6) is 1.25. The van der Waals surface area contributed by atoms with E-state index < -0.39 is 0 Å². The summed E-state index contributed by atoms with van der Waals surface area (Å²) >= 11 is 0. The number of hydrogen-bond acceptors (Lipinski definition) is 3. The largest absolute Gasteiger partial charge is 0.361 e. The highest BCUT2D eigenvalue weighted by Crippen LogP contribution is 2.56. The molecule has 0 aliphatic heterocycles. The van der Waals surface area contributed by atoms with Crippen LogP contribution in [0.15, 0.2) is 10.6 Å². The molecule has 0 aromatic carbocycles. The second kappa shape index (κ2) is 2.10. The molecule has 66 valence electrons. The van der Waals surface area contributed by atoms with E-state index in [9.17, 15) is 0 Å². The molecule has 1 heterocycles. The molecule has 0 amide bonds. The molecule has 0 bridgehead atoms. The Hall–Kier alpha value is -0.830. The molecule has 1 aliphatic rings. The predicted molar refractivity (Wildman–Crippen MR) is 45.7 cm³/mol. The monoisotopic (exact) mass is 166 g/mol. The molecule has 0 spiro atoms. The molecule has 3 nitrogen and oxygen atoms in total. The van der Waals surface area contributed by atoms with Gasteiger partial charge in [0.2, 0.25) is 0 Å². The Balaban J connectivity index is 2.24. The lowest BCUT2D eigenvalue weighted by Crippen LogP contribution is -2.06. The van der Waals surface area contributed by atoms with Crippen molar-refractivity contribution in [1.82, 2.24) is 5.16 Å². The van der Waals surface area contributed by atoms with Crippen molar-refractivity contribution in [2.24, 2.45) is 11.1 Å². The van der Waals surface area contributed by atoms with Gasteiger partial charge in [-0.15, -0.1) is 0 Å². The van der Waals surface area contributed by atoms with Crippen LogP contribution in [0.2, 0.25) is 0 Å². The van der Waals surface area contributed by atoms with E-state index in [1.165, 1.54) is 0 Å². The molecule has 0 saturated heterocycles. The van der Waals surface area contributed by atoms with Crippen molar-refractivity contribution in [1.29, 1.82) is 0 Å². The second-order valence-corrected chi connectivity index (χ2v) is 4.19. The van der Waals surface area contributed by atoms with E-state index in [0.29, 0.717) is 5.92 Å². The van der Waals surface area contributed by atoms with Crippen molar-refractivity contribution in [3.63, 3.8) is 0 Å². The first-order chi connectivity index (χ1) is 5.53. The van der Waals surface area contributed by atoms with Gasteiger partial charge in [-0.1, -0.05) is 19.0 Å².